The van der Waals surface area contributed by atoms with Crippen LogP contribution >= 0.6 is 0 Å². The van der Waals surface area contributed by atoms with E-state index in [0.29, 0.717) is 5.82 Å². The molecule has 15 heavy (non-hydrogen) atoms. The van der Waals surface area contributed by atoms with Crippen LogP contribution in [0.3, 0.4) is 0 Å². The molecule has 1 aromatic heterocycles. The molecule has 0 fully saturated rings. The highest BCUT2D eigenvalue weighted by Gasteiger charge is 2.08. The summed E-state index contributed by atoms with van der Waals surface area (Å²) in [7, 11) is 3.35. The van der Waals surface area contributed by atoms with Gasteiger partial charge in [0.25, 0.3) is 6.20 Å². The highest BCUT2D eigenvalue weighted by atomic mass is 16.6. The fraction of sp³-hybridized carbons (Fsp3) is 0.222. The summed E-state index contributed by atoms with van der Waals surface area (Å²) in [6, 6.07) is 3.59. The summed E-state index contributed by atoms with van der Waals surface area (Å²) < 4.78 is 0. The maximum absolute atomic E-state index is 10.4. The van der Waals surface area contributed by atoms with Crippen LogP contribution in [0.1, 0.15) is 0 Å². The minimum absolute atomic E-state index is 0.396. The Kier molecular flexibility index (Phi) is 3.61. The Morgan fingerprint density at radius 1 is 1.73 bits per heavy atom. The van der Waals surface area contributed by atoms with Crippen molar-refractivity contribution in [2.75, 3.05) is 19.0 Å². The summed E-state index contributed by atoms with van der Waals surface area (Å²) in [4.78, 5) is 15.4. The van der Waals surface area contributed by atoms with Crippen molar-refractivity contribution < 1.29 is 4.92 Å². The van der Waals surface area contributed by atoms with E-state index in [9.17, 15) is 10.1 Å². The van der Waals surface area contributed by atoms with Crippen LogP contribution in [-0.4, -0.2) is 24.0 Å². The molecule has 0 aliphatic carbocycles. The topological polar surface area (TPSA) is 71.3 Å². The normalized spacial score (nSPS) is 10.9. The van der Waals surface area contributed by atoms with Crippen molar-refractivity contribution in [3.8, 4) is 0 Å². The summed E-state index contributed by atoms with van der Waals surface area (Å²) in [5, 5.41) is 13.1. The second kappa shape index (κ2) is 4.94. The highest BCUT2D eigenvalue weighted by Crippen LogP contribution is 2.13. The summed E-state index contributed by atoms with van der Waals surface area (Å²) >= 11 is 0. The molecule has 0 saturated carbocycles. The van der Waals surface area contributed by atoms with Gasteiger partial charge in [0.2, 0.25) is 0 Å². The van der Waals surface area contributed by atoms with Crippen LogP contribution in [0.2, 0.25) is 0 Å². The van der Waals surface area contributed by atoms with E-state index in [1.165, 1.54) is 0 Å². The molecule has 0 unspecified atom stereocenters. The lowest BCUT2D eigenvalue weighted by Crippen LogP contribution is -2.26. The lowest BCUT2D eigenvalue weighted by atomic mass is 10.4. The summed E-state index contributed by atoms with van der Waals surface area (Å²) in [6.07, 6.45) is 4.19. The molecule has 0 spiro atoms. The SMILES string of the molecule is CN/C(=C\[N+](=O)[O-])N(C)c1cccnc1. The number of hydrogen-bond acceptors (Lipinski definition) is 5. The van der Waals surface area contributed by atoms with E-state index in [1.54, 1.807) is 37.5 Å². The van der Waals surface area contributed by atoms with Crippen molar-refractivity contribution in [3.63, 3.8) is 0 Å². The first-order valence-electron chi connectivity index (χ1n) is 4.32. The van der Waals surface area contributed by atoms with Gasteiger partial charge in [-0.2, -0.15) is 0 Å². The molecule has 0 saturated heterocycles. The van der Waals surface area contributed by atoms with Crippen LogP contribution in [0.15, 0.2) is 36.5 Å². The molecular weight excluding hydrogens is 196 g/mol. The number of nitro groups is 1. The Labute approximate surface area is 87.4 Å². The van der Waals surface area contributed by atoms with Gasteiger partial charge in [-0.1, -0.05) is 0 Å². The number of hydrogen-bond donors (Lipinski definition) is 1. The summed E-state index contributed by atoms with van der Waals surface area (Å²) in [5.74, 6) is 0.396. The number of nitrogens with one attached hydrogen (secondary N) is 1. The predicted molar refractivity (Wildman–Crippen MR) is 56.8 cm³/mol. The van der Waals surface area contributed by atoms with Gasteiger partial charge in [0, 0.05) is 20.3 Å². The number of anilines is 1. The largest absolute Gasteiger partial charge is 0.369 e. The van der Waals surface area contributed by atoms with Gasteiger partial charge in [0.05, 0.1) is 16.8 Å². The fourth-order valence-corrected chi connectivity index (χ4v) is 1.11. The van der Waals surface area contributed by atoms with E-state index in [-0.39, 0.29) is 0 Å². The molecule has 1 aromatic rings. The number of pyridine rings is 1. The zero-order valence-electron chi connectivity index (χ0n) is 8.54. The van der Waals surface area contributed by atoms with Crippen molar-refractivity contribution in [2.24, 2.45) is 0 Å². The van der Waals surface area contributed by atoms with Crippen LogP contribution in [0.25, 0.3) is 0 Å². The lowest BCUT2D eigenvalue weighted by Gasteiger charge is -2.19. The first kappa shape index (κ1) is 11.0. The molecule has 6 nitrogen and oxygen atoms in total. The van der Waals surface area contributed by atoms with Crippen LogP contribution < -0.4 is 10.2 Å². The monoisotopic (exact) mass is 208 g/mol. The molecule has 0 aliphatic heterocycles. The van der Waals surface area contributed by atoms with Crippen molar-refractivity contribution in [3.05, 3.63) is 46.7 Å². The Balaban J connectivity index is 2.92. The van der Waals surface area contributed by atoms with Gasteiger partial charge >= 0.3 is 0 Å². The third-order valence-corrected chi connectivity index (χ3v) is 1.88. The van der Waals surface area contributed by atoms with Crippen molar-refractivity contribution in [1.82, 2.24) is 10.3 Å². The second-order valence-corrected chi connectivity index (χ2v) is 2.82. The average molecular weight is 208 g/mol. The Morgan fingerprint density at radius 3 is 2.93 bits per heavy atom. The van der Waals surface area contributed by atoms with Gasteiger partial charge in [0.1, 0.15) is 0 Å². The van der Waals surface area contributed by atoms with Gasteiger partial charge < -0.3 is 10.2 Å². The molecular formula is C9H12N4O2. The standard InChI is InChI=1S/C9H12N4O2/c1-10-9(7-13(14)15)12(2)8-4-3-5-11-6-8/h3-7,10H,1-2H3/b9-7+. The molecule has 1 rings (SSSR count). The third kappa shape index (κ3) is 2.94. The van der Waals surface area contributed by atoms with Crippen LogP contribution in [-0.2, 0) is 0 Å². The van der Waals surface area contributed by atoms with E-state index < -0.39 is 4.92 Å². The Morgan fingerprint density at radius 2 is 2.47 bits per heavy atom. The lowest BCUT2D eigenvalue weighted by molar-refractivity contribution is -0.403. The predicted octanol–water partition coefficient (Wildman–Crippen LogP) is 0.813. The van der Waals surface area contributed by atoms with Gasteiger partial charge in [-0.15, -0.1) is 0 Å². The van der Waals surface area contributed by atoms with Gasteiger partial charge in [-0.05, 0) is 12.1 Å². The first-order valence-corrected chi connectivity index (χ1v) is 4.32. The zero-order chi connectivity index (χ0) is 11.3. The van der Waals surface area contributed by atoms with E-state index in [2.05, 4.69) is 10.3 Å². The maximum atomic E-state index is 10.4. The fourth-order valence-electron chi connectivity index (χ4n) is 1.11. The summed E-state index contributed by atoms with van der Waals surface area (Å²) in [5.41, 5.74) is 0.778. The molecule has 0 atom stereocenters. The molecule has 1 N–H and O–H groups in total. The minimum atomic E-state index is -0.501. The second-order valence-electron chi connectivity index (χ2n) is 2.82. The molecule has 0 amide bonds. The molecule has 80 valence electrons. The van der Waals surface area contributed by atoms with Crippen LogP contribution in [0.5, 0.6) is 0 Å². The van der Waals surface area contributed by atoms with E-state index >= 15 is 0 Å². The van der Waals surface area contributed by atoms with Crippen LogP contribution in [0, 0.1) is 10.1 Å². The van der Waals surface area contributed by atoms with Crippen molar-refractivity contribution in [1.29, 1.82) is 0 Å². The molecule has 1 heterocycles. The van der Waals surface area contributed by atoms with Crippen molar-refractivity contribution in [2.45, 2.75) is 0 Å². The first-order chi connectivity index (χ1) is 7.15. The average Bonchev–Trinajstić information content (AvgIpc) is 2.26. The highest BCUT2D eigenvalue weighted by molar-refractivity contribution is 5.48. The molecule has 0 aliphatic rings. The van der Waals surface area contributed by atoms with E-state index in [4.69, 9.17) is 0 Å². The number of rotatable bonds is 4. The minimum Gasteiger partial charge on any atom is -0.369 e. The zero-order valence-corrected chi connectivity index (χ0v) is 8.54. The molecule has 0 bridgehead atoms. The third-order valence-electron chi connectivity index (χ3n) is 1.88. The quantitative estimate of drug-likeness (QED) is 0.585. The van der Waals surface area contributed by atoms with Crippen molar-refractivity contribution >= 4 is 5.69 Å². The summed E-state index contributed by atoms with van der Waals surface area (Å²) in [6.45, 7) is 0. The van der Waals surface area contributed by atoms with Gasteiger partial charge in [-0.3, -0.25) is 15.1 Å². The molecule has 6 heteroatoms. The van der Waals surface area contributed by atoms with E-state index in [1.807, 2.05) is 6.07 Å². The van der Waals surface area contributed by atoms with Gasteiger partial charge in [-0.25, -0.2) is 0 Å². The van der Waals surface area contributed by atoms with Gasteiger partial charge in [0.15, 0.2) is 5.82 Å². The smallest absolute Gasteiger partial charge is 0.274 e. The Bertz CT molecular complexity index is 364. The van der Waals surface area contributed by atoms with E-state index in [0.717, 1.165) is 11.9 Å². The number of nitrogens with zero attached hydrogens (tertiary/aromatic N) is 3. The molecule has 0 aromatic carbocycles. The maximum Gasteiger partial charge on any atom is 0.274 e. The Hall–Kier alpha value is -2.11. The van der Waals surface area contributed by atoms with Crippen LogP contribution in [0.4, 0.5) is 5.69 Å². The molecule has 0 radical (unpaired) electrons. The number of aromatic nitrogens is 1.